The predicted octanol–water partition coefficient (Wildman–Crippen LogP) is 8.38. The smallest absolute Gasteiger partial charge is 0.872 e. The molecule has 0 fully saturated rings. The summed E-state index contributed by atoms with van der Waals surface area (Å²) in [6.07, 6.45) is 15.4. The van der Waals surface area contributed by atoms with Gasteiger partial charge in [0.05, 0.1) is 10.7 Å². The van der Waals surface area contributed by atoms with Crippen LogP contribution >= 0.6 is 46.4 Å². The predicted molar refractivity (Wildman–Crippen MR) is 262 cm³/mol. The van der Waals surface area contributed by atoms with E-state index in [-0.39, 0.29) is 77.1 Å². The topological polar surface area (TPSA) is 184 Å². The third-order valence-electron chi connectivity index (χ3n) is 10.5. The zero-order valence-corrected chi connectivity index (χ0v) is 47.6. The number of halogens is 4. The molecule has 8 rings (SSSR count). The van der Waals surface area contributed by atoms with E-state index in [1.807, 2.05) is 24.3 Å². The van der Waals surface area contributed by atoms with Gasteiger partial charge in [-0.15, -0.1) is 93.8 Å². The molecule has 68 heavy (non-hydrogen) atoms. The summed E-state index contributed by atoms with van der Waals surface area (Å²) in [5, 5.41) is 88.9. The van der Waals surface area contributed by atoms with Gasteiger partial charge in [0.1, 0.15) is 0 Å². The molecule has 8 nitrogen and oxygen atoms in total. The van der Waals surface area contributed by atoms with Gasteiger partial charge >= 0.3 is 43.4 Å². The molecule has 0 saturated carbocycles. The van der Waals surface area contributed by atoms with Crippen LogP contribution in [-0.2, 0) is 94.8 Å². The molecule has 4 aliphatic carbocycles. The molecule has 14 heteroatoms. The van der Waals surface area contributed by atoms with Crippen molar-refractivity contribution in [3.63, 3.8) is 0 Å². The van der Waals surface area contributed by atoms with E-state index >= 15 is 0 Å². The first kappa shape index (κ1) is 68.6. The molecule has 0 aliphatic heterocycles. The first-order chi connectivity index (χ1) is 31.3. The fourth-order valence-corrected chi connectivity index (χ4v) is 8.32. The van der Waals surface area contributed by atoms with Crippen LogP contribution in [0.1, 0.15) is 151 Å². The van der Waals surface area contributed by atoms with Gasteiger partial charge in [-0.25, -0.2) is 0 Å². The summed E-state index contributed by atoms with van der Waals surface area (Å²) in [4.78, 5) is 0. The van der Waals surface area contributed by atoms with Crippen LogP contribution in [0.5, 0.6) is 23.0 Å². The van der Waals surface area contributed by atoms with Crippen LogP contribution < -0.4 is 40.9 Å². The fraction of sp³-hybridized carbons (Fsp3) is 0.556. The van der Waals surface area contributed by atoms with Crippen molar-refractivity contribution in [1.29, 1.82) is 0 Å². The van der Waals surface area contributed by atoms with Crippen LogP contribution in [0.3, 0.4) is 0 Å². The first-order valence-corrected chi connectivity index (χ1v) is 25.6. The van der Waals surface area contributed by atoms with E-state index in [0.717, 1.165) is 122 Å². The van der Waals surface area contributed by atoms with Gasteiger partial charge in [-0.05, 0) is 169 Å². The quantitative estimate of drug-likeness (QED) is 0.142. The third kappa shape index (κ3) is 24.8. The molecule has 4 aromatic rings. The minimum absolute atomic E-state index is 0. The van der Waals surface area contributed by atoms with Crippen LogP contribution in [0, 0.1) is 0 Å². The Labute approximate surface area is 458 Å². The SMILES string of the molecule is CC(C)[O-].CC(C)[O-].CC(C)[O-].CC(C)[O-].ClCCl.ClCCl.[O-]c1ccc2c(c1-c1c([O-])ccc3c1CCCC3)CCCC2.[O-]c1ccc2c(c1-c1c([O-])ccc3c1CCCC3)CCCC2.[Ti+4].[Ti+4]. The largest absolute Gasteiger partial charge is 4.00 e. The van der Waals surface area contributed by atoms with E-state index in [1.165, 1.54) is 47.9 Å². The van der Waals surface area contributed by atoms with Gasteiger partial charge in [-0.3, -0.25) is 0 Å². The monoisotopic (exact) mass is 1080 g/mol. The van der Waals surface area contributed by atoms with E-state index in [0.29, 0.717) is 0 Å². The molecule has 0 unspecified atom stereocenters. The molecule has 0 heterocycles. The molecule has 372 valence electrons. The van der Waals surface area contributed by atoms with Crippen LogP contribution in [0.25, 0.3) is 22.3 Å². The Hall–Kier alpha value is -1.49. The second-order valence-electron chi connectivity index (χ2n) is 17.5. The number of benzene rings is 4. The molecule has 0 aromatic heterocycles. The molecule has 0 bridgehead atoms. The molecule has 0 spiro atoms. The van der Waals surface area contributed by atoms with Gasteiger partial charge in [0.15, 0.2) is 0 Å². The van der Waals surface area contributed by atoms with Crippen LogP contribution in [0.4, 0.5) is 0 Å². The van der Waals surface area contributed by atoms with E-state index in [2.05, 4.69) is 0 Å². The van der Waals surface area contributed by atoms with Gasteiger partial charge < -0.3 is 40.9 Å². The maximum absolute atomic E-state index is 12.6. The second kappa shape index (κ2) is 38.2. The molecular formula is C54H72Cl4O8Ti2. The average Bonchev–Trinajstić information content (AvgIpc) is 3.24. The van der Waals surface area contributed by atoms with Crippen molar-refractivity contribution >= 4 is 46.4 Å². The van der Waals surface area contributed by atoms with Crippen molar-refractivity contribution in [2.24, 2.45) is 0 Å². The summed E-state index contributed by atoms with van der Waals surface area (Å²) in [5.74, 6) is 0.0990. The molecule has 0 saturated heterocycles. The first-order valence-electron chi connectivity index (χ1n) is 23.4. The van der Waals surface area contributed by atoms with Gasteiger partial charge in [0.25, 0.3) is 0 Å². The number of fused-ring (bicyclic) bond motifs is 4. The van der Waals surface area contributed by atoms with Crippen molar-refractivity contribution < 1.29 is 84.3 Å². The number of alkyl halides is 4. The standard InChI is InChI=1S/2C20H22O2.4C3H7O.2CH2Cl2.2Ti/c2*21-17-11-9-13-5-1-3-7-15(13)19(17)20-16-8-4-2-6-14(16)10-12-18(20)22;4*1-3(2)4;2*2-1-3;;/h2*9-12,21-22H,1-8H2;4*3H,1-2H3;2*1H2;;/q;;4*-1;;;2*+4/p-4. The van der Waals surface area contributed by atoms with Crippen molar-refractivity contribution in [3.05, 3.63) is 93.0 Å². The Bertz CT molecular complexity index is 1700. The minimum atomic E-state index is -0.417. The number of rotatable bonds is 2. The van der Waals surface area contributed by atoms with Gasteiger partial charge in [0, 0.05) is 0 Å². The summed E-state index contributed by atoms with van der Waals surface area (Å²) in [5.41, 5.74) is 12.6. The second-order valence-corrected chi connectivity index (χ2v) is 19.1. The summed E-state index contributed by atoms with van der Waals surface area (Å²) in [7, 11) is 0. The summed E-state index contributed by atoms with van der Waals surface area (Å²) < 4.78 is 0. The molecule has 0 radical (unpaired) electrons. The molecule has 4 aliphatic rings. The number of aryl methyl sites for hydroxylation is 4. The Morgan fingerprint density at radius 2 is 0.456 bits per heavy atom. The normalized spacial score (nSPS) is 13.6. The number of hydrogen-bond acceptors (Lipinski definition) is 8. The van der Waals surface area contributed by atoms with E-state index in [1.54, 1.807) is 79.7 Å². The molecule has 0 atom stereocenters. The van der Waals surface area contributed by atoms with Crippen molar-refractivity contribution in [3.8, 4) is 45.3 Å². The third-order valence-corrected chi connectivity index (χ3v) is 10.5. The van der Waals surface area contributed by atoms with E-state index in [9.17, 15) is 40.9 Å². The minimum Gasteiger partial charge on any atom is -0.872 e. The maximum atomic E-state index is 12.6. The Morgan fingerprint density at radius 3 is 0.603 bits per heavy atom. The van der Waals surface area contributed by atoms with Crippen molar-refractivity contribution in [1.82, 2.24) is 0 Å². The molecule has 0 amide bonds. The van der Waals surface area contributed by atoms with Crippen LogP contribution in [-0.4, -0.2) is 35.1 Å². The maximum Gasteiger partial charge on any atom is 4.00 e. The summed E-state index contributed by atoms with van der Waals surface area (Å²) in [6.45, 7) is 12.9. The summed E-state index contributed by atoms with van der Waals surface area (Å²) in [6, 6.07) is 14.6. The Kier molecular flexibility index (Phi) is 38.5. The Morgan fingerprint density at radius 1 is 0.324 bits per heavy atom. The zero-order chi connectivity index (χ0) is 49.9. The van der Waals surface area contributed by atoms with Crippen molar-refractivity contribution in [2.45, 2.75) is 183 Å². The molecular weight excluding hydrogens is 1010 g/mol. The average molecular weight is 1090 g/mol. The van der Waals surface area contributed by atoms with Gasteiger partial charge in [0.2, 0.25) is 0 Å². The summed E-state index contributed by atoms with van der Waals surface area (Å²) >= 11 is 19.1. The van der Waals surface area contributed by atoms with Gasteiger partial charge in [-0.2, -0.15) is 0 Å². The number of hydrogen-bond donors (Lipinski definition) is 0. The van der Waals surface area contributed by atoms with Crippen LogP contribution in [0.2, 0.25) is 0 Å². The van der Waals surface area contributed by atoms with Crippen LogP contribution in [0.15, 0.2) is 48.5 Å². The van der Waals surface area contributed by atoms with Gasteiger partial charge in [-0.1, -0.05) is 104 Å². The zero-order valence-electron chi connectivity index (χ0n) is 41.4. The molecule has 4 aromatic carbocycles. The van der Waals surface area contributed by atoms with E-state index < -0.39 is 24.4 Å². The van der Waals surface area contributed by atoms with E-state index in [4.69, 9.17) is 46.4 Å². The molecule has 0 N–H and O–H groups in total. The fourth-order valence-electron chi connectivity index (χ4n) is 8.32. The van der Waals surface area contributed by atoms with Crippen molar-refractivity contribution in [2.75, 3.05) is 10.7 Å². The Balaban J connectivity index is 0.